The summed E-state index contributed by atoms with van der Waals surface area (Å²) in [6.07, 6.45) is 0.937. The number of hydrogen-bond acceptors (Lipinski definition) is 3. The Labute approximate surface area is 162 Å². The molecule has 27 heavy (non-hydrogen) atoms. The molecule has 0 aromatic heterocycles. The molecule has 3 N–H and O–H groups in total. The van der Waals surface area contributed by atoms with Crippen LogP contribution >= 0.6 is 0 Å². The molecule has 0 spiro atoms. The average molecular weight is 367 g/mol. The number of nitrogens with two attached hydrogens (primary N) is 1. The number of aliphatic hydroxyl groups excluding tert-OH is 1. The van der Waals surface area contributed by atoms with E-state index in [1.807, 2.05) is 48.5 Å². The number of benzene rings is 2. The minimum atomic E-state index is -0.467. The van der Waals surface area contributed by atoms with Crippen molar-refractivity contribution in [2.45, 2.75) is 31.8 Å². The lowest BCUT2D eigenvalue weighted by atomic mass is 9.73. The maximum absolute atomic E-state index is 11.7. The van der Waals surface area contributed by atoms with Gasteiger partial charge < -0.3 is 15.7 Å². The molecule has 0 radical (unpaired) electrons. The van der Waals surface area contributed by atoms with E-state index in [1.165, 1.54) is 5.56 Å². The van der Waals surface area contributed by atoms with Crippen molar-refractivity contribution in [3.8, 4) is 0 Å². The van der Waals surface area contributed by atoms with Crippen molar-refractivity contribution in [2.75, 3.05) is 19.6 Å². The lowest BCUT2D eigenvalue weighted by Crippen LogP contribution is -2.43. The van der Waals surface area contributed by atoms with Gasteiger partial charge in [0, 0.05) is 19.5 Å². The van der Waals surface area contributed by atoms with Gasteiger partial charge in [-0.1, -0.05) is 67.6 Å². The van der Waals surface area contributed by atoms with Crippen molar-refractivity contribution in [3.63, 3.8) is 0 Å². The molecule has 1 amide bonds. The number of nitrogens with zero attached hydrogens (tertiary/aromatic N) is 1. The van der Waals surface area contributed by atoms with E-state index in [4.69, 9.17) is 5.73 Å². The fourth-order valence-electron chi connectivity index (χ4n) is 4.47. The molecule has 2 aromatic rings. The quantitative estimate of drug-likeness (QED) is 0.790. The molecular formula is C23H30N2O2. The maximum atomic E-state index is 11.7. The van der Waals surface area contributed by atoms with E-state index in [-0.39, 0.29) is 11.8 Å². The Kier molecular flexibility index (Phi) is 6.64. The van der Waals surface area contributed by atoms with Gasteiger partial charge in [-0.25, -0.2) is 0 Å². The summed E-state index contributed by atoms with van der Waals surface area (Å²) < 4.78 is 0. The number of rotatable bonds is 7. The zero-order chi connectivity index (χ0) is 19.2. The Hall–Kier alpha value is -2.17. The highest BCUT2D eigenvalue weighted by Crippen LogP contribution is 2.38. The largest absolute Gasteiger partial charge is 0.387 e. The summed E-state index contributed by atoms with van der Waals surface area (Å²) in [6, 6.07) is 20.1. The molecule has 1 aliphatic rings. The third-order valence-electron chi connectivity index (χ3n) is 5.84. The number of carbonyl (C=O) groups excluding carboxylic acids is 1. The molecule has 1 aliphatic heterocycles. The minimum absolute atomic E-state index is 0.167. The summed E-state index contributed by atoms with van der Waals surface area (Å²) in [5.41, 5.74) is 7.72. The van der Waals surface area contributed by atoms with Gasteiger partial charge in [0.25, 0.3) is 0 Å². The number of likely N-dealkylation sites (tertiary alicyclic amines) is 1. The van der Waals surface area contributed by atoms with Crippen LogP contribution in [0.3, 0.4) is 0 Å². The molecule has 0 aliphatic carbocycles. The SMILES string of the molecule is CC1CN(CC(O)c2ccccc2)CCC1C(CC(N)=O)c1ccccc1. The van der Waals surface area contributed by atoms with E-state index >= 15 is 0 Å². The van der Waals surface area contributed by atoms with Crippen molar-refractivity contribution in [3.05, 3.63) is 71.8 Å². The van der Waals surface area contributed by atoms with Crippen molar-refractivity contribution in [2.24, 2.45) is 17.6 Å². The van der Waals surface area contributed by atoms with Gasteiger partial charge >= 0.3 is 0 Å². The highest BCUT2D eigenvalue weighted by Gasteiger charge is 2.34. The lowest BCUT2D eigenvalue weighted by molar-refractivity contribution is -0.118. The monoisotopic (exact) mass is 366 g/mol. The van der Waals surface area contributed by atoms with Gasteiger partial charge in [0.05, 0.1) is 6.10 Å². The van der Waals surface area contributed by atoms with Crippen LogP contribution < -0.4 is 5.73 Å². The van der Waals surface area contributed by atoms with Crippen LogP contribution in [0.5, 0.6) is 0 Å². The van der Waals surface area contributed by atoms with Crippen molar-refractivity contribution < 1.29 is 9.90 Å². The van der Waals surface area contributed by atoms with E-state index in [0.717, 1.165) is 25.1 Å². The molecule has 1 fully saturated rings. The van der Waals surface area contributed by atoms with Gasteiger partial charge in [-0.2, -0.15) is 0 Å². The molecule has 3 rings (SSSR count). The zero-order valence-corrected chi connectivity index (χ0v) is 16.0. The Morgan fingerprint density at radius 3 is 2.26 bits per heavy atom. The summed E-state index contributed by atoms with van der Waals surface area (Å²) in [4.78, 5) is 14.0. The molecule has 144 valence electrons. The molecular weight excluding hydrogens is 336 g/mol. The standard InChI is InChI=1S/C23H30N2O2/c1-17-15-25(16-22(26)19-10-6-3-7-11-19)13-12-20(17)21(14-23(24)27)18-8-4-2-5-9-18/h2-11,17,20-22,26H,12-16H2,1H3,(H2,24,27). The Morgan fingerprint density at radius 2 is 1.70 bits per heavy atom. The van der Waals surface area contributed by atoms with E-state index in [9.17, 15) is 9.90 Å². The van der Waals surface area contributed by atoms with Gasteiger partial charge in [-0.05, 0) is 41.8 Å². The number of β-amino-alcohol motifs (C(OH)–C–C–N with tert-alkyl or cyclic N) is 1. The smallest absolute Gasteiger partial charge is 0.218 e. The lowest BCUT2D eigenvalue weighted by Gasteiger charge is -2.41. The normalized spacial score (nSPS) is 22.9. The first-order chi connectivity index (χ1) is 13.0. The number of carbonyl (C=O) groups is 1. The maximum Gasteiger partial charge on any atom is 0.218 e. The number of piperidine rings is 1. The second-order valence-electron chi connectivity index (χ2n) is 7.80. The Morgan fingerprint density at radius 1 is 1.11 bits per heavy atom. The topological polar surface area (TPSA) is 66.6 Å². The summed E-state index contributed by atoms with van der Waals surface area (Å²) in [5, 5.41) is 10.5. The van der Waals surface area contributed by atoms with Crippen LogP contribution in [-0.2, 0) is 4.79 Å². The predicted octanol–water partition coefficient (Wildman–Crippen LogP) is 3.34. The summed E-state index contributed by atoms with van der Waals surface area (Å²) in [7, 11) is 0. The van der Waals surface area contributed by atoms with Crippen LogP contribution in [0.2, 0.25) is 0 Å². The predicted molar refractivity (Wildman–Crippen MR) is 108 cm³/mol. The number of primary amides is 1. The highest BCUT2D eigenvalue weighted by molar-refractivity contribution is 5.74. The van der Waals surface area contributed by atoms with Crippen molar-refractivity contribution >= 4 is 5.91 Å². The van der Waals surface area contributed by atoms with Crippen LogP contribution in [-0.4, -0.2) is 35.5 Å². The van der Waals surface area contributed by atoms with Gasteiger partial charge in [0.2, 0.25) is 5.91 Å². The second kappa shape index (κ2) is 9.16. The number of aliphatic hydroxyl groups is 1. The zero-order valence-electron chi connectivity index (χ0n) is 16.0. The average Bonchev–Trinajstić information content (AvgIpc) is 2.68. The third kappa shape index (κ3) is 5.18. The Balaban J connectivity index is 1.65. The van der Waals surface area contributed by atoms with Crippen molar-refractivity contribution in [1.82, 2.24) is 4.90 Å². The molecule has 2 aromatic carbocycles. The fourth-order valence-corrected chi connectivity index (χ4v) is 4.47. The first-order valence-corrected chi connectivity index (χ1v) is 9.83. The summed E-state index contributed by atoms with van der Waals surface area (Å²) >= 11 is 0. The van der Waals surface area contributed by atoms with Crippen molar-refractivity contribution in [1.29, 1.82) is 0 Å². The van der Waals surface area contributed by atoms with Crippen LogP contribution in [0.4, 0.5) is 0 Å². The van der Waals surface area contributed by atoms with Crippen LogP contribution in [0, 0.1) is 11.8 Å². The molecule has 4 unspecified atom stereocenters. The van der Waals surface area contributed by atoms with E-state index < -0.39 is 6.10 Å². The van der Waals surface area contributed by atoms with E-state index in [1.54, 1.807) is 0 Å². The van der Waals surface area contributed by atoms with Gasteiger partial charge in [0.15, 0.2) is 0 Å². The Bertz CT molecular complexity index is 720. The number of hydrogen-bond donors (Lipinski definition) is 2. The summed E-state index contributed by atoms with van der Waals surface area (Å²) in [6.45, 7) is 4.76. The van der Waals surface area contributed by atoms with Crippen LogP contribution in [0.15, 0.2) is 60.7 Å². The first kappa shape index (κ1) is 19.6. The number of amides is 1. The molecule has 0 bridgehead atoms. The first-order valence-electron chi connectivity index (χ1n) is 9.83. The highest BCUT2D eigenvalue weighted by atomic mass is 16.3. The molecule has 1 saturated heterocycles. The van der Waals surface area contributed by atoms with Crippen LogP contribution in [0.25, 0.3) is 0 Å². The fraction of sp³-hybridized carbons (Fsp3) is 0.435. The van der Waals surface area contributed by atoms with E-state index in [0.29, 0.717) is 24.8 Å². The molecule has 0 saturated carbocycles. The third-order valence-corrected chi connectivity index (χ3v) is 5.84. The van der Waals surface area contributed by atoms with E-state index in [2.05, 4.69) is 24.0 Å². The second-order valence-corrected chi connectivity index (χ2v) is 7.80. The van der Waals surface area contributed by atoms with Gasteiger partial charge in [-0.3, -0.25) is 4.79 Å². The minimum Gasteiger partial charge on any atom is -0.387 e. The summed E-state index contributed by atoms with van der Waals surface area (Å²) in [5.74, 6) is 0.786. The van der Waals surface area contributed by atoms with Crippen LogP contribution in [0.1, 0.15) is 42.9 Å². The molecule has 4 atom stereocenters. The molecule has 4 heteroatoms. The molecule has 4 nitrogen and oxygen atoms in total. The van der Waals surface area contributed by atoms with Gasteiger partial charge in [0.1, 0.15) is 0 Å². The molecule has 1 heterocycles. The van der Waals surface area contributed by atoms with Gasteiger partial charge in [-0.15, -0.1) is 0 Å².